The summed E-state index contributed by atoms with van der Waals surface area (Å²) in [4.78, 5) is 45.6. The van der Waals surface area contributed by atoms with Gasteiger partial charge in [0.05, 0.1) is 11.3 Å². The van der Waals surface area contributed by atoms with Gasteiger partial charge < -0.3 is 4.90 Å². The molecule has 8 heteroatoms. The SMILES string of the molecule is CC1CCN(C(=O)CN2C(=O)c3cccnc3C2=O)c2cc(Cl)ccc2S1. The monoisotopic (exact) mass is 401 g/mol. The molecule has 0 bridgehead atoms. The van der Waals surface area contributed by atoms with Crippen molar-refractivity contribution < 1.29 is 14.4 Å². The molecule has 1 atom stereocenters. The van der Waals surface area contributed by atoms with Gasteiger partial charge >= 0.3 is 0 Å². The number of halogens is 1. The fourth-order valence-corrected chi connectivity index (χ4v) is 4.50. The van der Waals surface area contributed by atoms with E-state index < -0.39 is 11.8 Å². The van der Waals surface area contributed by atoms with Crippen molar-refractivity contribution in [3.63, 3.8) is 0 Å². The summed E-state index contributed by atoms with van der Waals surface area (Å²) >= 11 is 7.83. The lowest BCUT2D eigenvalue weighted by atomic mass is 10.2. The third kappa shape index (κ3) is 3.21. The molecule has 2 aromatic rings. The minimum atomic E-state index is -0.534. The summed E-state index contributed by atoms with van der Waals surface area (Å²) in [6.07, 6.45) is 2.26. The topological polar surface area (TPSA) is 70.6 Å². The summed E-state index contributed by atoms with van der Waals surface area (Å²) in [6.45, 7) is 2.29. The number of hydrogen-bond donors (Lipinski definition) is 0. The first-order valence-corrected chi connectivity index (χ1v) is 9.79. The van der Waals surface area contributed by atoms with Gasteiger partial charge in [0, 0.05) is 27.9 Å². The maximum absolute atomic E-state index is 13.0. The van der Waals surface area contributed by atoms with Gasteiger partial charge in [-0.3, -0.25) is 24.3 Å². The minimum Gasteiger partial charge on any atom is -0.310 e. The lowest BCUT2D eigenvalue weighted by Gasteiger charge is -2.25. The van der Waals surface area contributed by atoms with Crippen LogP contribution in [0.25, 0.3) is 0 Å². The van der Waals surface area contributed by atoms with Gasteiger partial charge in [-0.2, -0.15) is 0 Å². The highest BCUT2D eigenvalue weighted by molar-refractivity contribution is 8.00. The molecule has 2 aliphatic rings. The number of benzene rings is 1. The van der Waals surface area contributed by atoms with Crippen molar-refractivity contribution in [1.29, 1.82) is 0 Å². The maximum Gasteiger partial charge on any atom is 0.280 e. The Balaban J connectivity index is 1.62. The molecule has 0 saturated heterocycles. The highest BCUT2D eigenvalue weighted by atomic mass is 35.5. The number of fused-ring (bicyclic) bond motifs is 2. The Morgan fingerprint density at radius 2 is 2.11 bits per heavy atom. The Morgan fingerprint density at radius 3 is 2.89 bits per heavy atom. The van der Waals surface area contributed by atoms with Crippen LogP contribution in [0.5, 0.6) is 0 Å². The summed E-state index contributed by atoms with van der Waals surface area (Å²) in [5.41, 5.74) is 1.05. The molecular formula is C19H16ClN3O3S. The summed E-state index contributed by atoms with van der Waals surface area (Å²) in [7, 11) is 0. The fourth-order valence-electron chi connectivity index (χ4n) is 3.25. The van der Waals surface area contributed by atoms with E-state index in [9.17, 15) is 14.4 Å². The van der Waals surface area contributed by atoms with Gasteiger partial charge in [0.2, 0.25) is 5.91 Å². The highest BCUT2D eigenvalue weighted by Gasteiger charge is 2.39. The van der Waals surface area contributed by atoms with Crippen molar-refractivity contribution >= 4 is 46.8 Å². The third-order valence-electron chi connectivity index (χ3n) is 4.62. The van der Waals surface area contributed by atoms with Gasteiger partial charge in [0.15, 0.2) is 0 Å². The van der Waals surface area contributed by atoms with Crippen LogP contribution >= 0.6 is 23.4 Å². The van der Waals surface area contributed by atoms with Crippen LogP contribution in [-0.4, -0.2) is 45.9 Å². The average molecular weight is 402 g/mol. The zero-order chi connectivity index (χ0) is 19.1. The van der Waals surface area contributed by atoms with Crippen LogP contribution < -0.4 is 4.90 Å². The molecule has 1 aromatic heterocycles. The molecule has 6 nitrogen and oxygen atoms in total. The number of imide groups is 1. The van der Waals surface area contributed by atoms with Crippen molar-refractivity contribution in [2.45, 2.75) is 23.5 Å². The van der Waals surface area contributed by atoms with Crippen molar-refractivity contribution in [2.75, 3.05) is 18.0 Å². The molecule has 0 fully saturated rings. The first-order chi connectivity index (χ1) is 13.0. The van der Waals surface area contributed by atoms with E-state index >= 15 is 0 Å². The number of anilines is 1. The second kappa shape index (κ2) is 6.98. The molecule has 2 aliphatic heterocycles. The zero-order valence-corrected chi connectivity index (χ0v) is 16.1. The molecule has 4 rings (SSSR count). The lowest BCUT2D eigenvalue weighted by Crippen LogP contribution is -2.43. The highest BCUT2D eigenvalue weighted by Crippen LogP contribution is 2.39. The standard InChI is InChI=1S/C19H16ClN3O3S/c1-11-6-8-22(14-9-12(20)4-5-15(14)27-11)16(24)10-23-18(25)13-3-2-7-21-17(13)19(23)26/h2-5,7,9,11H,6,8,10H2,1H3. The van der Waals surface area contributed by atoms with Crippen molar-refractivity contribution in [1.82, 2.24) is 9.88 Å². The number of rotatable bonds is 2. The summed E-state index contributed by atoms with van der Waals surface area (Å²) < 4.78 is 0. The number of pyridine rings is 1. The molecule has 0 saturated carbocycles. The normalized spacial score (nSPS) is 19.0. The van der Waals surface area contributed by atoms with Crippen LogP contribution in [0.3, 0.4) is 0 Å². The van der Waals surface area contributed by atoms with E-state index in [2.05, 4.69) is 11.9 Å². The van der Waals surface area contributed by atoms with Gasteiger partial charge in [-0.1, -0.05) is 18.5 Å². The Morgan fingerprint density at radius 1 is 1.30 bits per heavy atom. The Kier molecular flexibility index (Phi) is 4.65. The third-order valence-corrected chi connectivity index (χ3v) is 6.10. The second-order valence-electron chi connectivity index (χ2n) is 6.47. The number of aromatic nitrogens is 1. The van der Waals surface area contributed by atoms with Crippen LogP contribution in [0.1, 0.15) is 34.2 Å². The number of amides is 3. The molecular weight excluding hydrogens is 386 g/mol. The smallest absolute Gasteiger partial charge is 0.280 e. The average Bonchev–Trinajstić information content (AvgIpc) is 2.79. The molecule has 0 spiro atoms. The van der Waals surface area contributed by atoms with E-state index in [1.54, 1.807) is 40.9 Å². The van der Waals surface area contributed by atoms with Gasteiger partial charge in [0.25, 0.3) is 11.8 Å². The van der Waals surface area contributed by atoms with E-state index in [1.807, 2.05) is 6.07 Å². The predicted octanol–water partition coefficient (Wildman–Crippen LogP) is 3.25. The minimum absolute atomic E-state index is 0.0961. The first-order valence-electron chi connectivity index (χ1n) is 8.53. The first kappa shape index (κ1) is 18.0. The maximum atomic E-state index is 13.0. The molecule has 1 aromatic carbocycles. The van der Waals surface area contributed by atoms with E-state index in [0.717, 1.165) is 21.9 Å². The fraction of sp³-hybridized carbons (Fsp3) is 0.263. The molecule has 3 amide bonds. The van der Waals surface area contributed by atoms with Crippen LogP contribution in [0, 0.1) is 0 Å². The number of nitrogens with zero attached hydrogens (tertiary/aromatic N) is 3. The predicted molar refractivity (Wildman–Crippen MR) is 103 cm³/mol. The molecule has 3 heterocycles. The number of carbonyl (C=O) groups excluding carboxylic acids is 3. The zero-order valence-electron chi connectivity index (χ0n) is 14.5. The lowest BCUT2D eigenvalue weighted by molar-refractivity contribution is -0.119. The summed E-state index contributed by atoms with van der Waals surface area (Å²) in [5.74, 6) is -1.34. The van der Waals surface area contributed by atoms with E-state index in [0.29, 0.717) is 16.8 Å². The van der Waals surface area contributed by atoms with Gasteiger partial charge in [-0.25, -0.2) is 0 Å². The number of thioether (sulfide) groups is 1. The second-order valence-corrected chi connectivity index (χ2v) is 8.39. The molecule has 27 heavy (non-hydrogen) atoms. The molecule has 0 radical (unpaired) electrons. The Bertz CT molecular complexity index is 930. The Labute approximate surface area is 165 Å². The Hall–Kier alpha value is -2.38. The molecule has 138 valence electrons. The van der Waals surface area contributed by atoms with Crippen LogP contribution in [0.2, 0.25) is 5.02 Å². The van der Waals surface area contributed by atoms with E-state index in [4.69, 9.17) is 11.6 Å². The van der Waals surface area contributed by atoms with Crippen LogP contribution in [-0.2, 0) is 4.79 Å². The molecule has 0 aliphatic carbocycles. The van der Waals surface area contributed by atoms with Gasteiger partial charge in [-0.15, -0.1) is 11.8 Å². The summed E-state index contributed by atoms with van der Waals surface area (Å²) in [6, 6.07) is 8.59. The quantitative estimate of drug-likeness (QED) is 0.722. The van der Waals surface area contributed by atoms with Gasteiger partial charge in [-0.05, 0) is 36.8 Å². The number of hydrogen-bond acceptors (Lipinski definition) is 5. The number of carbonyl (C=O) groups is 3. The van der Waals surface area contributed by atoms with E-state index in [1.165, 1.54) is 6.20 Å². The van der Waals surface area contributed by atoms with Crippen LogP contribution in [0.4, 0.5) is 5.69 Å². The molecule has 1 unspecified atom stereocenters. The molecule has 0 N–H and O–H groups in total. The summed E-state index contributed by atoms with van der Waals surface area (Å²) in [5, 5.41) is 0.873. The largest absolute Gasteiger partial charge is 0.310 e. The van der Waals surface area contributed by atoms with E-state index in [-0.39, 0.29) is 23.7 Å². The van der Waals surface area contributed by atoms with Crippen LogP contribution in [0.15, 0.2) is 41.4 Å². The van der Waals surface area contributed by atoms with Crippen molar-refractivity contribution in [2.24, 2.45) is 0 Å². The van der Waals surface area contributed by atoms with Crippen molar-refractivity contribution in [3.8, 4) is 0 Å². The van der Waals surface area contributed by atoms with Gasteiger partial charge in [0.1, 0.15) is 12.2 Å². The van der Waals surface area contributed by atoms with Crippen molar-refractivity contribution in [3.05, 3.63) is 52.8 Å².